The minimum atomic E-state index is 0.0273. The molecule has 0 spiro atoms. The zero-order valence-corrected chi connectivity index (χ0v) is 8.70. The van der Waals surface area contributed by atoms with Gasteiger partial charge in [0.05, 0.1) is 0 Å². The molecule has 0 saturated carbocycles. The van der Waals surface area contributed by atoms with E-state index in [1.54, 1.807) is 0 Å². The average molecular weight is 157 g/mol. The number of hydrogen-bond acceptors (Lipinski definition) is 1. The molecule has 0 radical (unpaired) electrons. The van der Waals surface area contributed by atoms with Gasteiger partial charge >= 0.3 is 0 Å². The summed E-state index contributed by atoms with van der Waals surface area (Å²) >= 11 is 0. The molecule has 0 aliphatic heterocycles. The van der Waals surface area contributed by atoms with Crippen LogP contribution in [0.2, 0.25) is 0 Å². The summed E-state index contributed by atoms with van der Waals surface area (Å²) in [6.45, 7) is 11.1. The standard InChI is InChI=1S/C10H23N/c1-6-9(3,4)8-10(5,11)7-2/h6-8,11H2,1-5H3/t10-/m1/s1. The number of hydrogen-bond donors (Lipinski definition) is 1. The van der Waals surface area contributed by atoms with Gasteiger partial charge in [-0.15, -0.1) is 0 Å². The van der Waals surface area contributed by atoms with Crippen LogP contribution >= 0.6 is 0 Å². The highest BCUT2D eigenvalue weighted by molar-refractivity contribution is 4.83. The van der Waals surface area contributed by atoms with Crippen molar-refractivity contribution in [1.29, 1.82) is 0 Å². The van der Waals surface area contributed by atoms with Crippen molar-refractivity contribution < 1.29 is 0 Å². The van der Waals surface area contributed by atoms with Gasteiger partial charge in [0.15, 0.2) is 0 Å². The van der Waals surface area contributed by atoms with E-state index in [1.165, 1.54) is 6.42 Å². The molecule has 2 N–H and O–H groups in total. The van der Waals surface area contributed by atoms with Crippen LogP contribution in [0.3, 0.4) is 0 Å². The monoisotopic (exact) mass is 157 g/mol. The minimum Gasteiger partial charge on any atom is -0.325 e. The summed E-state index contributed by atoms with van der Waals surface area (Å²) in [5.41, 5.74) is 6.51. The molecule has 0 rings (SSSR count). The van der Waals surface area contributed by atoms with Crippen LogP contribution in [0.5, 0.6) is 0 Å². The highest BCUT2D eigenvalue weighted by Crippen LogP contribution is 2.30. The van der Waals surface area contributed by atoms with E-state index < -0.39 is 0 Å². The topological polar surface area (TPSA) is 26.0 Å². The van der Waals surface area contributed by atoms with Crippen molar-refractivity contribution in [2.75, 3.05) is 0 Å². The van der Waals surface area contributed by atoms with E-state index in [4.69, 9.17) is 5.73 Å². The van der Waals surface area contributed by atoms with Gasteiger partial charge in [-0.3, -0.25) is 0 Å². The van der Waals surface area contributed by atoms with Crippen molar-refractivity contribution in [2.45, 2.75) is 59.4 Å². The summed E-state index contributed by atoms with van der Waals surface area (Å²) in [5, 5.41) is 0. The molecule has 0 unspecified atom stereocenters. The summed E-state index contributed by atoms with van der Waals surface area (Å²) in [6.07, 6.45) is 3.39. The van der Waals surface area contributed by atoms with Gasteiger partial charge in [0, 0.05) is 5.54 Å². The number of rotatable bonds is 4. The lowest BCUT2D eigenvalue weighted by Crippen LogP contribution is -2.39. The van der Waals surface area contributed by atoms with Crippen LogP contribution in [0.1, 0.15) is 53.9 Å². The molecular weight excluding hydrogens is 134 g/mol. The summed E-state index contributed by atoms with van der Waals surface area (Å²) in [5.74, 6) is 0. The van der Waals surface area contributed by atoms with Crippen LogP contribution in [0.4, 0.5) is 0 Å². The predicted octanol–water partition coefficient (Wildman–Crippen LogP) is 2.94. The molecule has 0 fully saturated rings. The van der Waals surface area contributed by atoms with Gasteiger partial charge in [-0.05, 0) is 25.2 Å². The van der Waals surface area contributed by atoms with Gasteiger partial charge in [-0.25, -0.2) is 0 Å². The highest BCUT2D eigenvalue weighted by Gasteiger charge is 2.25. The molecule has 11 heavy (non-hydrogen) atoms. The summed E-state index contributed by atoms with van der Waals surface area (Å²) < 4.78 is 0. The molecule has 0 saturated heterocycles. The molecule has 1 nitrogen and oxygen atoms in total. The molecule has 0 aromatic carbocycles. The first-order valence-electron chi connectivity index (χ1n) is 4.62. The normalized spacial score (nSPS) is 18.0. The Balaban J connectivity index is 4.02. The van der Waals surface area contributed by atoms with Crippen molar-refractivity contribution in [3.8, 4) is 0 Å². The van der Waals surface area contributed by atoms with E-state index >= 15 is 0 Å². The lowest BCUT2D eigenvalue weighted by atomic mass is 9.77. The third-order valence-electron chi connectivity index (χ3n) is 2.65. The second-order valence-electron chi connectivity index (χ2n) is 4.70. The first kappa shape index (κ1) is 11.0. The van der Waals surface area contributed by atoms with Crippen LogP contribution in [0, 0.1) is 5.41 Å². The maximum atomic E-state index is 6.08. The number of nitrogens with two attached hydrogens (primary N) is 1. The smallest absolute Gasteiger partial charge is 0.0128 e. The summed E-state index contributed by atoms with van der Waals surface area (Å²) in [4.78, 5) is 0. The SMILES string of the molecule is CCC(C)(C)C[C@](C)(N)CC. The Labute approximate surface area is 71.4 Å². The van der Waals surface area contributed by atoms with E-state index in [2.05, 4.69) is 34.6 Å². The third-order valence-corrected chi connectivity index (χ3v) is 2.65. The largest absolute Gasteiger partial charge is 0.325 e. The molecule has 68 valence electrons. The molecule has 0 aliphatic rings. The van der Waals surface area contributed by atoms with Crippen molar-refractivity contribution in [2.24, 2.45) is 11.1 Å². The molecule has 0 amide bonds. The Hall–Kier alpha value is -0.0400. The van der Waals surface area contributed by atoms with Crippen LogP contribution in [-0.2, 0) is 0 Å². The van der Waals surface area contributed by atoms with Crippen LogP contribution < -0.4 is 5.73 Å². The highest BCUT2D eigenvalue weighted by atomic mass is 14.7. The van der Waals surface area contributed by atoms with Gasteiger partial charge < -0.3 is 5.73 Å². The van der Waals surface area contributed by atoms with E-state index in [0.717, 1.165) is 12.8 Å². The Morgan fingerprint density at radius 3 is 1.73 bits per heavy atom. The fourth-order valence-corrected chi connectivity index (χ4v) is 1.34. The minimum absolute atomic E-state index is 0.0273. The zero-order valence-electron chi connectivity index (χ0n) is 8.70. The van der Waals surface area contributed by atoms with E-state index in [0.29, 0.717) is 5.41 Å². The van der Waals surface area contributed by atoms with E-state index in [1.807, 2.05) is 0 Å². The van der Waals surface area contributed by atoms with Crippen LogP contribution in [0.15, 0.2) is 0 Å². The van der Waals surface area contributed by atoms with Crippen LogP contribution in [0.25, 0.3) is 0 Å². The van der Waals surface area contributed by atoms with Crippen molar-refractivity contribution in [1.82, 2.24) is 0 Å². The van der Waals surface area contributed by atoms with Gasteiger partial charge in [0.25, 0.3) is 0 Å². The summed E-state index contributed by atoms with van der Waals surface area (Å²) in [7, 11) is 0. The Morgan fingerprint density at radius 1 is 1.00 bits per heavy atom. The molecule has 1 heteroatoms. The third kappa shape index (κ3) is 4.41. The van der Waals surface area contributed by atoms with E-state index in [-0.39, 0.29) is 5.54 Å². The van der Waals surface area contributed by atoms with Gasteiger partial charge in [-0.1, -0.05) is 34.1 Å². The molecular formula is C10H23N. The molecule has 0 aromatic heterocycles. The molecule has 0 heterocycles. The van der Waals surface area contributed by atoms with Crippen LogP contribution in [-0.4, -0.2) is 5.54 Å². The van der Waals surface area contributed by atoms with Crippen molar-refractivity contribution in [3.63, 3.8) is 0 Å². The van der Waals surface area contributed by atoms with Gasteiger partial charge in [0.2, 0.25) is 0 Å². The Bertz CT molecular complexity index is 100. The fraction of sp³-hybridized carbons (Fsp3) is 1.00. The molecule has 1 atom stereocenters. The maximum absolute atomic E-state index is 6.08. The fourth-order valence-electron chi connectivity index (χ4n) is 1.34. The summed E-state index contributed by atoms with van der Waals surface area (Å²) in [6, 6.07) is 0. The van der Waals surface area contributed by atoms with Crippen molar-refractivity contribution >= 4 is 0 Å². The lowest BCUT2D eigenvalue weighted by Gasteiger charge is -2.33. The van der Waals surface area contributed by atoms with E-state index in [9.17, 15) is 0 Å². The first-order chi connectivity index (χ1) is 4.83. The molecule has 0 aromatic rings. The second kappa shape index (κ2) is 3.57. The quantitative estimate of drug-likeness (QED) is 0.667. The Kier molecular flexibility index (Phi) is 3.56. The Morgan fingerprint density at radius 2 is 1.45 bits per heavy atom. The lowest BCUT2D eigenvalue weighted by molar-refractivity contribution is 0.233. The predicted molar refractivity (Wildman–Crippen MR) is 51.6 cm³/mol. The molecule has 0 aliphatic carbocycles. The van der Waals surface area contributed by atoms with Gasteiger partial charge in [-0.2, -0.15) is 0 Å². The van der Waals surface area contributed by atoms with Crippen molar-refractivity contribution in [3.05, 3.63) is 0 Å². The van der Waals surface area contributed by atoms with Gasteiger partial charge in [0.1, 0.15) is 0 Å². The first-order valence-corrected chi connectivity index (χ1v) is 4.62. The zero-order chi connectivity index (χ0) is 9.12. The second-order valence-corrected chi connectivity index (χ2v) is 4.70. The maximum Gasteiger partial charge on any atom is 0.0128 e. The average Bonchev–Trinajstić information content (AvgIpc) is 1.86. The molecule has 0 bridgehead atoms.